The fraction of sp³-hybridized carbons (Fsp3) is 0.600. The SMILES string of the molecule is CCC(NCC1COC(C)(C)O1)c1cccc(Cl)c1. The van der Waals surface area contributed by atoms with Crippen LogP contribution >= 0.6 is 11.6 Å². The molecule has 1 N–H and O–H groups in total. The minimum Gasteiger partial charge on any atom is -0.348 e. The Morgan fingerprint density at radius 2 is 2.26 bits per heavy atom. The zero-order valence-electron chi connectivity index (χ0n) is 11.8. The lowest BCUT2D eigenvalue weighted by Crippen LogP contribution is -2.32. The molecule has 0 spiro atoms. The summed E-state index contributed by atoms with van der Waals surface area (Å²) in [6, 6.07) is 8.29. The average molecular weight is 284 g/mol. The molecule has 1 aromatic carbocycles. The third-order valence-corrected chi connectivity index (χ3v) is 3.55. The normalized spacial score (nSPS) is 23.5. The molecule has 0 radical (unpaired) electrons. The molecule has 0 amide bonds. The molecular weight excluding hydrogens is 262 g/mol. The van der Waals surface area contributed by atoms with E-state index in [1.165, 1.54) is 5.56 Å². The highest BCUT2D eigenvalue weighted by atomic mass is 35.5. The lowest BCUT2D eigenvalue weighted by Gasteiger charge is -2.21. The van der Waals surface area contributed by atoms with Gasteiger partial charge in [0.15, 0.2) is 5.79 Å². The fourth-order valence-corrected chi connectivity index (χ4v) is 2.56. The summed E-state index contributed by atoms with van der Waals surface area (Å²) in [4.78, 5) is 0. The van der Waals surface area contributed by atoms with Gasteiger partial charge in [0.25, 0.3) is 0 Å². The molecule has 1 aliphatic rings. The van der Waals surface area contributed by atoms with Crippen LogP contribution in [0.4, 0.5) is 0 Å². The Morgan fingerprint density at radius 1 is 1.47 bits per heavy atom. The number of benzene rings is 1. The Morgan fingerprint density at radius 3 is 2.84 bits per heavy atom. The molecule has 1 aromatic rings. The van der Waals surface area contributed by atoms with Gasteiger partial charge in [0.05, 0.1) is 12.7 Å². The van der Waals surface area contributed by atoms with Crippen molar-refractivity contribution < 1.29 is 9.47 Å². The summed E-state index contributed by atoms with van der Waals surface area (Å²) in [5.41, 5.74) is 1.22. The third-order valence-electron chi connectivity index (χ3n) is 3.32. The van der Waals surface area contributed by atoms with E-state index in [1.807, 2.05) is 32.0 Å². The Bertz CT molecular complexity index is 422. The minimum atomic E-state index is -0.454. The zero-order valence-corrected chi connectivity index (χ0v) is 12.5. The van der Waals surface area contributed by atoms with Crippen molar-refractivity contribution >= 4 is 11.6 Å². The Balaban J connectivity index is 1.90. The van der Waals surface area contributed by atoms with Gasteiger partial charge in [-0.25, -0.2) is 0 Å². The zero-order chi connectivity index (χ0) is 13.9. The van der Waals surface area contributed by atoms with Crippen LogP contribution in [0.1, 0.15) is 38.8 Å². The van der Waals surface area contributed by atoms with Gasteiger partial charge in [-0.1, -0.05) is 30.7 Å². The van der Waals surface area contributed by atoms with Crippen molar-refractivity contribution in [2.45, 2.75) is 45.1 Å². The molecular formula is C15H22ClNO2. The Kier molecular flexibility index (Phi) is 4.85. The number of ether oxygens (including phenoxy) is 2. The molecule has 0 saturated carbocycles. The molecule has 1 saturated heterocycles. The molecule has 4 heteroatoms. The van der Waals surface area contributed by atoms with E-state index < -0.39 is 5.79 Å². The van der Waals surface area contributed by atoms with Crippen molar-refractivity contribution in [1.29, 1.82) is 0 Å². The Hall–Kier alpha value is -0.610. The van der Waals surface area contributed by atoms with E-state index in [2.05, 4.69) is 18.3 Å². The minimum absolute atomic E-state index is 0.114. The van der Waals surface area contributed by atoms with Crippen LogP contribution in [0.15, 0.2) is 24.3 Å². The van der Waals surface area contributed by atoms with Crippen molar-refractivity contribution in [3.05, 3.63) is 34.9 Å². The average Bonchev–Trinajstić information content (AvgIpc) is 2.70. The van der Waals surface area contributed by atoms with Crippen molar-refractivity contribution in [3.8, 4) is 0 Å². The predicted octanol–water partition coefficient (Wildman–Crippen LogP) is 3.53. The number of halogens is 1. The van der Waals surface area contributed by atoms with Crippen LogP contribution in [0.2, 0.25) is 5.02 Å². The fourth-order valence-electron chi connectivity index (χ4n) is 2.36. The van der Waals surface area contributed by atoms with Gasteiger partial charge in [-0.05, 0) is 38.0 Å². The van der Waals surface area contributed by atoms with Crippen molar-refractivity contribution in [1.82, 2.24) is 5.32 Å². The number of hydrogen-bond donors (Lipinski definition) is 1. The van der Waals surface area contributed by atoms with Crippen molar-refractivity contribution in [2.24, 2.45) is 0 Å². The second kappa shape index (κ2) is 6.23. The van der Waals surface area contributed by atoms with Crippen LogP contribution in [-0.2, 0) is 9.47 Å². The van der Waals surface area contributed by atoms with Crippen LogP contribution in [0.5, 0.6) is 0 Å². The van der Waals surface area contributed by atoms with E-state index in [0.717, 1.165) is 18.0 Å². The first-order chi connectivity index (χ1) is 9.00. The molecule has 0 aromatic heterocycles. The quantitative estimate of drug-likeness (QED) is 0.897. The monoisotopic (exact) mass is 283 g/mol. The van der Waals surface area contributed by atoms with Crippen LogP contribution in [0.25, 0.3) is 0 Å². The number of nitrogens with one attached hydrogen (secondary N) is 1. The van der Waals surface area contributed by atoms with Gasteiger partial charge in [-0.3, -0.25) is 0 Å². The number of hydrogen-bond acceptors (Lipinski definition) is 3. The van der Waals surface area contributed by atoms with Gasteiger partial charge >= 0.3 is 0 Å². The summed E-state index contributed by atoms with van der Waals surface area (Å²) in [5.74, 6) is -0.454. The predicted molar refractivity (Wildman–Crippen MR) is 77.4 cm³/mol. The Labute approximate surface area is 120 Å². The first-order valence-corrected chi connectivity index (χ1v) is 7.18. The summed E-state index contributed by atoms with van der Waals surface area (Å²) in [5, 5.41) is 4.31. The first kappa shape index (κ1) is 14.8. The summed E-state index contributed by atoms with van der Waals surface area (Å²) in [6.07, 6.45) is 1.13. The lowest BCUT2D eigenvalue weighted by atomic mass is 10.0. The van der Waals surface area contributed by atoms with Gasteiger partial charge in [-0.2, -0.15) is 0 Å². The van der Waals surface area contributed by atoms with Gasteiger partial charge < -0.3 is 14.8 Å². The van der Waals surface area contributed by atoms with Crippen LogP contribution in [0.3, 0.4) is 0 Å². The second-order valence-corrected chi connectivity index (χ2v) is 5.81. The lowest BCUT2D eigenvalue weighted by molar-refractivity contribution is -0.137. The standard InChI is InChI=1S/C15H22ClNO2/c1-4-14(11-6-5-7-12(16)8-11)17-9-13-10-18-15(2,3)19-13/h5-8,13-14,17H,4,9-10H2,1-3H3. The topological polar surface area (TPSA) is 30.5 Å². The maximum atomic E-state index is 6.04. The van der Waals surface area contributed by atoms with Gasteiger partial charge in [0.1, 0.15) is 0 Å². The van der Waals surface area contributed by atoms with Gasteiger partial charge in [0.2, 0.25) is 0 Å². The highest BCUT2D eigenvalue weighted by molar-refractivity contribution is 6.30. The van der Waals surface area contributed by atoms with Crippen LogP contribution in [0, 0.1) is 0 Å². The molecule has 1 aliphatic heterocycles. The molecule has 2 rings (SSSR count). The second-order valence-electron chi connectivity index (χ2n) is 5.37. The van der Waals surface area contributed by atoms with Crippen molar-refractivity contribution in [3.63, 3.8) is 0 Å². The summed E-state index contributed by atoms with van der Waals surface area (Å²) >= 11 is 6.04. The molecule has 2 atom stereocenters. The smallest absolute Gasteiger partial charge is 0.163 e. The van der Waals surface area contributed by atoms with Crippen LogP contribution in [-0.4, -0.2) is 25.0 Å². The highest BCUT2D eigenvalue weighted by Gasteiger charge is 2.32. The molecule has 19 heavy (non-hydrogen) atoms. The summed E-state index contributed by atoms with van der Waals surface area (Å²) in [6.45, 7) is 7.48. The van der Waals surface area contributed by atoms with E-state index in [1.54, 1.807) is 0 Å². The first-order valence-electron chi connectivity index (χ1n) is 6.81. The van der Waals surface area contributed by atoms with E-state index >= 15 is 0 Å². The highest BCUT2D eigenvalue weighted by Crippen LogP contribution is 2.24. The molecule has 3 nitrogen and oxygen atoms in total. The summed E-state index contributed by atoms with van der Waals surface area (Å²) < 4.78 is 11.4. The molecule has 0 aliphatic carbocycles. The molecule has 1 fully saturated rings. The largest absolute Gasteiger partial charge is 0.348 e. The van der Waals surface area contributed by atoms with E-state index in [-0.39, 0.29) is 6.10 Å². The molecule has 0 bridgehead atoms. The van der Waals surface area contributed by atoms with E-state index in [9.17, 15) is 0 Å². The van der Waals surface area contributed by atoms with Gasteiger partial charge in [0, 0.05) is 17.6 Å². The maximum Gasteiger partial charge on any atom is 0.163 e. The molecule has 1 heterocycles. The molecule has 2 unspecified atom stereocenters. The van der Waals surface area contributed by atoms with Crippen molar-refractivity contribution in [2.75, 3.05) is 13.2 Å². The van der Waals surface area contributed by atoms with E-state index in [4.69, 9.17) is 21.1 Å². The van der Waals surface area contributed by atoms with Crippen LogP contribution < -0.4 is 5.32 Å². The maximum absolute atomic E-state index is 6.04. The number of rotatable bonds is 5. The third kappa shape index (κ3) is 4.18. The molecule has 106 valence electrons. The summed E-state index contributed by atoms with van der Waals surface area (Å²) in [7, 11) is 0. The van der Waals surface area contributed by atoms with E-state index in [0.29, 0.717) is 12.6 Å². The van der Waals surface area contributed by atoms with Gasteiger partial charge in [-0.15, -0.1) is 0 Å².